The molecular formula is C29H32FN3O3. The van der Waals surface area contributed by atoms with Crippen LogP contribution in [0.2, 0.25) is 0 Å². The maximum Gasteiger partial charge on any atom is 0.273 e. The van der Waals surface area contributed by atoms with E-state index in [2.05, 4.69) is 18.7 Å². The molecule has 1 aliphatic heterocycles. The standard InChI is InChI=1S/C29H32FN3O3/c1-21(2)16-32(29(34)23-8-4-3-5-9-23)19-25-18-31(17-24-10-6-7-11-28(24)33(35)36)20-27(25)22-12-14-26(30)15-13-22/h3-15,21,25,27H,16-20H2,1-2H3/t25-,27+/m0/s1. The van der Waals surface area contributed by atoms with Gasteiger partial charge in [-0.2, -0.15) is 0 Å². The number of likely N-dealkylation sites (tertiary alicyclic amines) is 1. The van der Waals surface area contributed by atoms with Gasteiger partial charge in [0.25, 0.3) is 11.6 Å². The summed E-state index contributed by atoms with van der Waals surface area (Å²) in [6.45, 7) is 7.19. The molecule has 0 spiro atoms. The lowest BCUT2D eigenvalue weighted by atomic mass is 9.88. The van der Waals surface area contributed by atoms with E-state index in [9.17, 15) is 19.3 Å². The van der Waals surface area contributed by atoms with Crippen LogP contribution in [-0.2, 0) is 6.54 Å². The van der Waals surface area contributed by atoms with Gasteiger partial charge in [0, 0.05) is 55.8 Å². The van der Waals surface area contributed by atoms with Gasteiger partial charge < -0.3 is 4.90 Å². The SMILES string of the molecule is CC(C)CN(C[C@@H]1CN(Cc2ccccc2[N+](=O)[O-])C[C@@H]1c1ccc(F)cc1)C(=O)c1ccccc1. The number of amides is 1. The third-order valence-electron chi connectivity index (χ3n) is 6.75. The van der Waals surface area contributed by atoms with Crippen LogP contribution in [-0.4, -0.2) is 46.8 Å². The zero-order chi connectivity index (χ0) is 25.7. The van der Waals surface area contributed by atoms with Crippen LogP contribution in [0.3, 0.4) is 0 Å². The van der Waals surface area contributed by atoms with Crippen LogP contribution in [0.15, 0.2) is 78.9 Å². The van der Waals surface area contributed by atoms with Gasteiger partial charge in [-0.15, -0.1) is 0 Å². The Hall–Kier alpha value is -3.58. The van der Waals surface area contributed by atoms with Gasteiger partial charge in [-0.3, -0.25) is 19.8 Å². The fraction of sp³-hybridized carbons (Fsp3) is 0.345. The van der Waals surface area contributed by atoms with Gasteiger partial charge in [0.05, 0.1) is 4.92 Å². The summed E-state index contributed by atoms with van der Waals surface area (Å²) >= 11 is 0. The monoisotopic (exact) mass is 489 g/mol. The molecule has 0 aliphatic carbocycles. The normalized spacial score (nSPS) is 17.9. The second-order valence-corrected chi connectivity index (χ2v) is 9.97. The molecule has 6 nitrogen and oxygen atoms in total. The van der Waals surface area contributed by atoms with E-state index in [4.69, 9.17) is 0 Å². The molecule has 0 radical (unpaired) electrons. The van der Waals surface area contributed by atoms with Crippen molar-refractivity contribution >= 4 is 11.6 Å². The number of nitrogens with zero attached hydrogens (tertiary/aromatic N) is 3. The second kappa shape index (κ2) is 11.4. The Morgan fingerprint density at radius 3 is 2.36 bits per heavy atom. The molecule has 4 rings (SSSR count). The first kappa shape index (κ1) is 25.5. The van der Waals surface area contributed by atoms with E-state index < -0.39 is 0 Å². The van der Waals surface area contributed by atoms with Crippen LogP contribution >= 0.6 is 0 Å². The summed E-state index contributed by atoms with van der Waals surface area (Å²) in [7, 11) is 0. The fourth-order valence-electron chi connectivity index (χ4n) is 5.15. The van der Waals surface area contributed by atoms with Crippen molar-refractivity contribution in [3.05, 3.63) is 111 Å². The van der Waals surface area contributed by atoms with Gasteiger partial charge in [-0.1, -0.05) is 62.4 Å². The first-order chi connectivity index (χ1) is 17.3. The van der Waals surface area contributed by atoms with Gasteiger partial charge in [-0.25, -0.2) is 4.39 Å². The van der Waals surface area contributed by atoms with Crippen molar-refractivity contribution < 1.29 is 14.1 Å². The molecule has 36 heavy (non-hydrogen) atoms. The van der Waals surface area contributed by atoms with Crippen LogP contribution in [0.5, 0.6) is 0 Å². The highest BCUT2D eigenvalue weighted by Crippen LogP contribution is 2.35. The van der Waals surface area contributed by atoms with Crippen molar-refractivity contribution in [1.29, 1.82) is 0 Å². The van der Waals surface area contributed by atoms with Crippen molar-refractivity contribution in [2.24, 2.45) is 11.8 Å². The number of halogens is 1. The highest BCUT2D eigenvalue weighted by Gasteiger charge is 2.36. The summed E-state index contributed by atoms with van der Waals surface area (Å²) in [4.78, 5) is 28.8. The number of hydrogen-bond acceptors (Lipinski definition) is 4. The van der Waals surface area contributed by atoms with Crippen molar-refractivity contribution in [2.45, 2.75) is 26.3 Å². The Morgan fingerprint density at radius 1 is 1.03 bits per heavy atom. The number of carbonyl (C=O) groups is 1. The zero-order valence-electron chi connectivity index (χ0n) is 20.7. The lowest BCUT2D eigenvalue weighted by Crippen LogP contribution is -2.39. The Morgan fingerprint density at radius 2 is 1.69 bits per heavy atom. The third kappa shape index (κ3) is 6.15. The molecule has 1 aliphatic rings. The topological polar surface area (TPSA) is 66.7 Å². The van der Waals surface area contributed by atoms with Crippen molar-refractivity contribution in [3.63, 3.8) is 0 Å². The number of rotatable bonds is 9. The molecule has 3 aromatic carbocycles. The van der Waals surface area contributed by atoms with Crippen molar-refractivity contribution in [2.75, 3.05) is 26.2 Å². The summed E-state index contributed by atoms with van der Waals surface area (Å²) in [5.41, 5.74) is 2.45. The minimum absolute atomic E-state index is 0.000645. The van der Waals surface area contributed by atoms with E-state index in [1.54, 1.807) is 12.1 Å². The maximum absolute atomic E-state index is 13.7. The van der Waals surface area contributed by atoms with Gasteiger partial charge >= 0.3 is 0 Å². The summed E-state index contributed by atoms with van der Waals surface area (Å²) < 4.78 is 13.7. The van der Waals surface area contributed by atoms with Crippen molar-refractivity contribution in [1.82, 2.24) is 9.80 Å². The molecule has 1 saturated heterocycles. The maximum atomic E-state index is 13.7. The molecule has 7 heteroatoms. The number of para-hydroxylation sites is 1. The molecular weight excluding hydrogens is 457 g/mol. The average molecular weight is 490 g/mol. The summed E-state index contributed by atoms with van der Waals surface area (Å²) in [5, 5.41) is 11.5. The second-order valence-electron chi connectivity index (χ2n) is 9.97. The van der Waals surface area contributed by atoms with Crippen LogP contribution in [0.4, 0.5) is 10.1 Å². The van der Waals surface area contributed by atoms with Gasteiger partial charge in [0.15, 0.2) is 0 Å². The van der Waals surface area contributed by atoms with Gasteiger partial charge in [-0.05, 0) is 41.7 Å². The highest BCUT2D eigenvalue weighted by atomic mass is 19.1. The van der Waals surface area contributed by atoms with Crippen LogP contribution in [0, 0.1) is 27.8 Å². The predicted octanol–water partition coefficient (Wildman–Crippen LogP) is 5.75. The van der Waals surface area contributed by atoms with Crippen LogP contribution < -0.4 is 0 Å². The lowest BCUT2D eigenvalue weighted by Gasteiger charge is -2.30. The fourth-order valence-corrected chi connectivity index (χ4v) is 5.15. The van der Waals surface area contributed by atoms with E-state index in [0.717, 1.165) is 5.56 Å². The smallest absolute Gasteiger partial charge is 0.273 e. The van der Waals surface area contributed by atoms with E-state index in [1.165, 1.54) is 18.2 Å². The van der Waals surface area contributed by atoms with E-state index in [0.29, 0.717) is 49.8 Å². The Labute approximate surface area is 211 Å². The molecule has 0 aromatic heterocycles. The molecule has 2 atom stereocenters. The van der Waals surface area contributed by atoms with Gasteiger partial charge in [0.1, 0.15) is 5.82 Å². The van der Waals surface area contributed by atoms with Gasteiger partial charge in [0.2, 0.25) is 0 Å². The lowest BCUT2D eigenvalue weighted by molar-refractivity contribution is -0.385. The first-order valence-electron chi connectivity index (χ1n) is 12.4. The molecule has 1 heterocycles. The molecule has 1 fully saturated rings. The van der Waals surface area contributed by atoms with E-state index in [-0.39, 0.29) is 34.2 Å². The molecule has 1 amide bonds. The Bertz CT molecular complexity index is 1180. The Balaban J connectivity index is 1.60. The molecule has 0 N–H and O–H groups in total. The number of carbonyl (C=O) groups excluding carboxylic acids is 1. The molecule has 0 saturated carbocycles. The number of hydrogen-bond donors (Lipinski definition) is 0. The van der Waals surface area contributed by atoms with Crippen LogP contribution in [0.25, 0.3) is 0 Å². The summed E-state index contributed by atoms with van der Waals surface area (Å²) in [6.07, 6.45) is 0. The molecule has 0 unspecified atom stereocenters. The minimum Gasteiger partial charge on any atom is -0.338 e. The quantitative estimate of drug-likeness (QED) is 0.284. The predicted molar refractivity (Wildman–Crippen MR) is 138 cm³/mol. The molecule has 3 aromatic rings. The Kier molecular flexibility index (Phi) is 8.10. The summed E-state index contributed by atoms with van der Waals surface area (Å²) in [5.74, 6) is 0.188. The molecule has 0 bridgehead atoms. The van der Waals surface area contributed by atoms with E-state index in [1.807, 2.05) is 53.4 Å². The minimum atomic E-state index is -0.344. The van der Waals surface area contributed by atoms with Crippen LogP contribution in [0.1, 0.15) is 41.3 Å². The third-order valence-corrected chi connectivity index (χ3v) is 6.75. The highest BCUT2D eigenvalue weighted by molar-refractivity contribution is 5.94. The summed E-state index contributed by atoms with van der Waals surface area (Å²) in [6, 6.07) is 22.7. The first-order valence-corrected chi connectivity index (χ1v) is 12.4. The van der Waals surface area contributed by atoms with E-state index >= 15 is 0 Å². The van der Waals surface area contributed by atoms with Crippen molar-refractivity contribution in [3.8, 4) is 0 Å². The number of nitro benzene ring substituents is 1. The number of benzene rings is 3. The zero-order valence-corrected chi connectivity index (χ0v) is 20.7. The molecule has 188 valence electrons. The number of nitro groups is 1. The largest absolute Gasteiger partial charge is 0.338 e. The average Bonchev–Trinajstić information content (AvgIpc) is 3.26.